The monoisotopic (exact) mass is 337 g/mol. The molecule has 4 nitrogen and oxygen atoms in total. The van der Waals surface area contributed by atoms with E-state index in [9.17, 15) is 4.79 Å². The van der Waals surface area contributed by atoms with Crippen molar-refractivity contribution in [2.24, 2.45) is 0 Å². The van der Waals surface area contributed by atoms with Gasteiger partial charge < -0.3 is 10.2 Å². The molecule has 5 heteroatoms. The molecule has 4 rings (SSSR count). The lowest BCUT2D eigenvalue weighted by Crippen LogP contribution is -2.44. The largest absolute Gasteiger partial charge is 0.350 e. The van der Waals surface area contributed by atoms with Crippen molar-refractivity contribution in [3.05, 3.63) is 54.1 Å². The SMILES string of the molecule is C[C@@H](Nc1nc2ccccc2s1)C(=O)N1c2ccccc2C[C@@H]1C. The Morgan fingerprint density at radius 1 is 1.25 bits per heavy atom. The molecule has 1 N–H and O–H groups in total. The summed E-state index contributed by atoms with van der Waals surface area (Å²) >= 11 is 1.58. The number of anilines is 2. The van der Waals surface area contributed by atoms with Crippen molar-refractivity contribution < 1.29 is 4.79 Å². The van der Waals surface area contributed by atoms with Crippen LogP contribution in [-0.2, 0) is 11.2 Å². The number of aromatic nitrogens is 1. The first-order valence-electron chi connectivity index (χ1n) is 8.16. The van der Waals surface area contributed by atoms with Crippen LogP contribution in [0.3, 0.4) is 0 Å². The maximum Gasteiger partial charge on any atom is 0.249 e. The van der Waals surface area contributed by atoms with Crippen molar-refractivity contribution in [3.63, 3.8) is 0 Å². The van der Waals surface area contributed by atoms with Crippen LogP contribution in [0.5, 0.6) is 0 Å². The number of carbonyl (C=O) groups is 1. The summed E-state index contributed by atoms with van der Waals surface area (Å²) in [6, 6.07) is 16.0. The Bertz CT molecular complexity index is 871. The summed E-state index contributed by atoms with van der Waals surface area (Å²) in [7, 11) is 0. The zero-order valence-corrected chi connectivity index (χ0v) is 14.5. The highest BCUT2D eigenvalue weighted by Gasteiger charge is 2.33. The van der Waals surface area contributed by atoms with Gasteiger partial charge in [0.1, 0.15) is 6.04 Å². The number of benzene rings is 2. The first-order valence-corrected chi connectivity index (χ1v) is 8.98. The average Bonchev–Trinajstić information content (AvgIpc) is 3.13. The molecule has 2 aromatic carbocycles. The predicted octanol–water partition coefficient (Wildman–Crippen LogP) is 4.07. The van der Waals surface area contributed by atoms with Gasteiger partial charge in [-0.3, -0.25) is 4.79 Å². The molecule has 0 saturated heterocycles. The fourth-order valence-electron chi connectivity index (χ4n) is 3.29. The molecule has 0 spiro atoms. The number of rotatable bonds is 3. The second kappa shape index (κ2) is 5.91. The first kappa shape index (κ1) is 15.1. The molecular formula is C19H19N3OS. The van der Waals surface area contributed by atoms with Crippen LogP contribution in [0.1, 0.15) is 19.4 Å². The Kier molecular flexibility index (Phi) is 3.73. The van der Waals surface area contributed by atoms with Gasteiger partial charge in [0.05, 0.1) is 10.2 Å². The summed E-state index contributed by atoms with van der Waals surface area (Å²) in [5.41, 5.74) is 3.24. The summed E-state index contributed by atoms with van der Waals surface area (Å²) in [5, 5.41) is 4.06. The number of fused-ring (bicyclic) bond motifs is 2. The smallest absolute Gasteiger partial charge is 0.249 e. The van der Waals surface area contributed by atoms with Gasteiger partial charge in [-0.15, -0.1) is 0 Å². The molecule has 0 saturated carbocycles. The van der Waals surface area contributed by atoms with Crippen molar-refractivity contribution in [1.82, 2.24) is 4.98 Å². The summed E-state index contributed by atoms with van der Waals surface area (Å²) in [6.07, 6.45) is 0.912. The summed E-state index contributed by atoms with van der Waals surface area (Å²) < 4.78 is 1.12. The van der Waals surface area contributed by atoms with Crippen molar-refractivity contribution in [2.45, 2.75) is 32.4 Å². The Morgan fingerprint density at radius 2 is 2.00 bits per heavy atom. The van der Waals surface area contributed by atoms with E-state index in [0.29, 0.717) is 0 Å². The molecule has 2 atom stereocenters. The minimum atomic E-state index is -0.320. The standard InChI is InChI=1S/C19H19N3OS/c1-12-11-14-7-3-5-9-16(14)22(12)18(23)13(2)20-19-21-15-8-4-6-10-17(15)24-19/h3-10,12-13H,11H2,1-2H3,(H,20,21)/t12-,13+/m0/s1. The highest BCUT2D eigenvalue weighted by atomic mass is 32.1. The van der Waals surface area contributed by atoms with Crippen LogP contribution < -0.4 is 10.2 Å². The van der Waals surface area contributed by atoms with Gasteiger partial charge in [-0.1, -0.05) is 41.7 Å². The molecule has 122 valence electrons. The van der Waals surface area contributed by atoms with E-state index in [0.717, 1.165) is 27.5 Å². The van der Waals surface area contributed by atoms with Crippen molar-refractivity contribution in [1.29, 1.82) is 0 Å². The first-order chi connectivity index (χ1) is 11.6. The van der Waals surface area contributed by atoms with Gasteiger partial charge in [-0.05, 0) is 44.0 Å². The molecule has 0 fully saturated rings. The second-order valence-electron chi connectivity index (χ2n) is 6.24. The molecule has 1 aliphatic rings. The molecule has 0 bridgehead atoms. The van der Waals surface area contributed by atoms with Crippen molar-refractivity contribution in [3.8, 4) is 0 Å². The topological polar surface area (TPSA) is 45.2 Å². The molecule has 1 aliphatic heterocycles. The number of hydrogen-bond donors (Lipinski definition) is 1. The minimum Gasteiger partial charge on any atom is -0.350 e. The molecule has 2 heterocycles. The fraction of sp³-hybridized carbons (Fsp3) is 0.263. The van der Waals surface area contributed by atoms with Crippen molar-refractivity contribution >= 4 is 38.3 Å². The Hall–Kier alpha value is -2.40. The molecule has 0 radical (unpaired) electrons. The number of thiazole rings is 1. The third-order valence-corrected chi connectivity index (χ3v) is 5.42. The predicted molar refractivity (Wildman–Crippen MR) is 99.8 cm³/mol. The lowest BCUT2D eigenvalue weighted by atomic mass is 10.1. The Labute approximate surface area is 145 Å². The van der Waals surface area contributed by atoms with Gasteiger partial charge in [0.25, 0.3) is 0 Å². The minimum absolute atomic E-state index is 0.0895. The van der Waals surface area contributed by atoms with E-state index in [1.54, 1.807) is 11.3 Å². The Balaban J connectivity index is 1.56. The molecule has 0 unspecified atom stereocenters. The van der Waals surface area contributed by atoms with E-state index in [-0.39, 0.29) is 18.0 Å². The summed E-state index contributed by atoms with van der Waals surface area (Å²) in [4.78, 5) is 19.5. The fourth-order valence-corrected chi connectivity index (χ4v) is 4.24. The van der Waals surface area contributed by atoms with E-state index in [2.05, 4.69) is 23.3 Å². The van der Waals surface area contributed by atoms with Gasteiger partial charge in [0, 0.05) is 11.7 Å². The second-order valence-corrected chi connectivity index (χ2v) is 7.27. The van der Waals surface area contributed by atoms with Gasteiger partial charge >= 0.3 is 0 Å². The van der Waals surface area contributed by atoms with Gasteiger partial charge in [-0.25, -0.2) is 4.98 Å². The quantitative estimate of drug-likeness (QED) is 0.783. The van der Waals surface area contributed by atoms with E-state index < -0.39 is 0 Å². The number of hydrogen-bond acceptors (Lipinski definition) is 4. The lowest BCUT2D eigenvalue weighted by Gasteiger charge is -2.26. The highest BCUT2D eigenvalue weighted by molar-refractivity contribution is 7.22. The van der Waals surface area contributed by atoms with Crippen LogP contribution in [0, 0.1) is 0 Å². The van der Waals surface area contributed by atoms with Gasteiger partial charge in [0.2, 0.25) is 5.91 Å². The zero-order valence-electron chi connectivity index (χ0n) is 13.7. The van der Waals surface area contributed by atoms with E-state index in [4.69, 9.17) is 0 Å². The van der Waals surface area contributed by atoms with Crippen LogP contribution in [0.25, 0.3) is 10.2 Å². The number of nitrogens with one attached hydrogen (secondary N) is 1. The third kappa shape index (κ3) is 2.55. The third-order valence-electron chi connectivity index (χ3n) is 4.45. The van der Waals surface area contributed by atoms with E-state index in [1.165, 1.54) is 5.56 Å². The number of para-hydroxylation sites is 2. The maximum atomic E-state index is 13.0. The van der Waals surface area contributed by atoms with Crippen molar-refractivity contribution in [2.75, 3.05) is 10.2 Å². The number of carbonyl (C=O) groups excluding carboxylic acids is 1. The Morgan fingerprint density at radius 3 is 2.83 bits per heavy atom. The van der Waals surface area contributed by atoms with Crippen LogP contribution in [0.2, 0.25) is 0 Å². The molecule has 0 aliphatic carbocycles. The molecule has 24 heavy (non-hydrogen) atoms. The van der Waals surface area contributed by atoms with Crippen LogP contribution in [-0.4, -0.2) is 23.0 Å². The van der Waals surface area contributed by atoms with E-state index >= 15 is 0 Å². The molecule has 3 aromatic rings. The number of amides is 1. The highest BCUT2D eigenvalue weighted by Crippen LogP contribution is 2.33. The molecular weight excluding hydrogens is 318 g/mol. The normalized spacial score (nSPS) is 17.8. The van der Waals surface area contributed by atoms with Crippen LogP contribution in [0.4, 0.5) is 10.8 Å². The van der Waals surface area contributed by atoms with Gasteiger partial charge in [-0.2, -0.15) is 0 Å². The molecule has 1 amide bonds. The maximum absolute atomic E-state index is 13.0. The molecule has 1 aromatic heterocycles. The van der Waals surface area contributed by atoms with Crippen LogP contribution >= 0.6 is 11.3 Å². The zero-order chi connectivity index (χ0) is 16.7. The summed E-state index contributed by atoms with van der Waals surface area (Å²) in [5.74, 6) is 0.0895. The van der Waals surface area contributed by atoms with E-state index in [1.807, 2.05) is 54.3 Å². The lowest BCUT2D eigenvalue weighted by molar-refractivity contribution is -0.119. The number of nitrogens with zero attached hydrogens (tertiary/aromatic N) is 2. The summed E-state index contributed by atoms with van der Waals surface area (Å²) in [6.45, 7) is 4.00. The average molecular weight is 337 g/mol. The van der Waals surface area contributed by atoms with Crippen LogP contribution in [0.15, 0.2) is 48.5 Å². The van der Waals surface area contributed by atoms with Gasteiger partial charge in [0.15, 0.2) is 5.13 Å².